The molecule has 0 bridgehead atoms. The molecule has 2 fully saturated rings. The van der Waals surface area contributed by atoms with Crippen molar-refractivity contribution in [1.82, 2.24) is 10.2 Å². The van der Waals surface area contributed by atoms with Crippen LogP contribution in [0, 0.1) is 5.92 Å². The van der Waals surface area contributed by atoms with Crippen molar-refractivity contribution in [2.45, 2.75) is 51.6 Å². The van der Waals surface area contributed by atoms with E-state index in [-0.39, 0.29) is 30.1 Å². The van der Waals surface area contributed by atoms with Crippen molar-refractivity contribution in [3.63, 3.8) is 0 Å². The molecular formula is C19H27Cl2N3O2. The van der Waals surface area contributed by atoms with Crippen LogP contribution in [0.5, 0.6) is 0 Å². The fourth-order valence-corrected chi connectivity index (χ4v) is 3.34. The third-order valence-electron chi connectivity index (χ3n) is 4.82. The maximum atomic E-state index is 13.1. The van der Waals surface area contributed by atoms with Gasteiger partial charge in [-0.3, -0.25) is 9.59 Å². The normalized spacial score (nSPS) is 19.2. The Labute approximate surface area is 166 Å². The van der Waals surface area contributed by atoms with Gasteiger partial charge in [-0.2, -0.15) is 0 Å². The number of benzene rings is 1. The summed E-state index contributed by atoms with van der Waals surface area (Å²) in [5.74, 6) is -0.233. The van der Waals surface area contributed by atoms with Crippen molar-refractivity contribution in [2.75, 3.05) is 18.4 Å². The molecule has 5 nitrogen and oxygen atoms in total. The predicted molar refractivity (Wildman–Crippen MR) is 107 cm³/mol. The number of nitrogens with one attached hydrogen (secondary N) is 2. The number of hydrogen-bond donors (Lipinski definition) is 2. The van der Waals surface area contributed by atoms with E-state index in [1.54, 1.807) is 18.2 Å². The standard InChI is InChI=1S/C19H26ClN3O2.ClH/c1-12(2)18(24)22-13-5-8-17(20)16(10-13)19(25)23(15-6-7-15)11-14-4-3-9-21-14;/h5,8,10,12,14-15,21H,3-4,6-7,9,11H2,1-2H3,(H,22,24);1H. The fourth-order valence-electron chi connectivity index (χ4n) is 3.14. The van der Waals surface area contributed by atoms with Crippen LogP contribution in [0.25, 0.3) is 0 Å². The minimum atomic E-state index is -0.119. The number of anilines is 1. The maximum Gasteiger partial charge on any atom is 0.255 e. The smallest absolute Gasteiger partial charge is 0.255 e. The van der Waals surface area contributed by atoms with Gasteiger partial charge in [-0.15, -0.1) is 12.4 Å². The summed E-state index contributed by atoms with van der Waals surface area (Å²) in [6.45, 7) is 5.42. The Morgan fingerprint density at radius 2 is 2.04 bits per heavy atom. The topological polar surface area (TPSA) is 61.4 Å². The van der Waals surface area contributed by atoms with E-state index in [2.05, 4.69) is 10.6 Å². The molecule has 1 saturated carbocycles. The average Bonchev–Trinajstić information content (AvgIpc) is 3.29. The molecule has 0 aromatic heterocycles. The number of carbonyl (C=O) groups is 2. The molecule has 1 atom stereocenters. The Kier molecular flexibility index (Phi) is 7.33. The van der Waals surface area contributed by atoms with Crippen molar-refractivity contribution in [2.24, 2.45) is 5.92 Å². The van der Waals surface area contributed by atoms with Gasteiger partial charge in [0.2, 0.25) is 5.91 Å². The first-order valence-corrected chi connectivity index (χ1v) is 9.48. The summed E-state index contributed by atoms with van der Waals surface area (Å²) in [5, 5.41) is 6.73. The van der Waals surface area contributed by atoms with Crippen molar-refractivity contribution < 1.29 is 9.59 Å². The minimum Gasteiger partial charge on any atom is -0.334 e. The molecule has 1 aliphatic carbocycles. The van der Waals surface area contributed by atoms with Gasteiger partial charge in [0.25, 0.3) is 5.91 Å². The first-order valence-electron chi connectivity index (χ1n) is 9.10. The highest BCUT2D eigenvalue weighted by atomic mass is 35.5. The molecule has 0 radical (unpaired) electrons. The number of amides is 2. The molecule has 2 amide bonds. The van der Waals surface area contributed by atoms with Crippen LogP contribution in [-0.4, -0.2) is 41.9 Å². The molecule has 2 aliphatic rings. The van der Waals surface area contributed by atoms with Crippen LogP contribution < -0.4 is 10.6 Å². The zero-order chi connectivity index (χ0) is 18.0. The lowest BCUT2D eigenvalue weighted by molar-refractivity contribution is -0.118. The third kappa shape index (κ3) is 5.12. The highest BCUT2D eigenvalue weighted by Crippen LogP contribution is 2.31. The van der Waals surface area contributed by atoms with Crippen molar-refractivity contribution in [1.29, 1.82) is 0 Å². The zero-order valence-corrected chi connectivity index (χ0v) is 16.8. The molecule has 1 aliphatic heterocycles. The second-order valence-electron chi connectivity index (χ2n) is 7.32. The second kappa shape index (κ2) is 9.07. The SMILES string of the molecule is CC(C)C(=O)Nc1ccc(Cl)c(C(=O)N(CC2CCCN2)C2CC2)c1.Cl. The summed E-state index contributed by atoms with van der Waals surface area (Å²) in [4.78, 5) is 27.0. The Morgan fingerprint density at radius 1 is 1.31 bits per heavy atom. The van der Waals surface area contributed by atoms with Gasteiger partial charge in [0.05, 0.1) is 10.6 Å². The van der Waals surface area contributed by atoms with E-state index in [9.17, 15) is 9.59 Å². The van der Waals surface area contributed by atoms with E-state index < -0.39 is 0 Å². The second-order valence-corrected chi connectivity index (χ2v) is 7.73. The molecule has 1 aromatic rings. The molecule has 7 heteroatoms. The molecule has 1 heterocycles. The summed E-state index contributed by atoms with van der Waals surface area (Å²) >= 11 is 6.30. The average molecular weight is 400 g/mol. The van der Waals surface area contributed by atoms with Crippen LogP contribution in [0.4, 0.5) is 5.69 Å². The van der Waals surface area contributed by atoms with Crippen molar-refractivity contribution >= 4 is 41.5 Å². The number of rotatable bonds is 6. The van der Waals surface area contributed by atoms with Crippen LogP contribution in [0.3, 0.4) is 0 Å². The number of nitrogens with zero attached hydrogens (tertiary/aromatic N) is 1. The first kappa shape index (κ1) is 21.0. The highest BCUT2D eigenvalue weighted by molar-refractivity contribution is 6.34. The summed E-state index contributed by atoms with van der Waals surface area (Å²) in [7, 11) is 0. The van der Waals surface area contributed by atoms with E-state index in [0.29, 0.717) is 28.4 Å². The molecule has 26 heavy (non-hydrogen) atoms. The van der Waals surface area contributed by atoms with Crippen LogP contribution in [0.15, 0.2) is 18.2 Å². The molecule has 0 spiro atoms. The van der Waals surface area contributed by atoms with Gasteiger partial charge in [-0.25, -0.2) is 0 Å². The van der Waals surface area contributed by atoms with E-state index >= 15 is 0 Å². The van der Waals surface area contributed by atoms with Gasteiger partial charge < -0.3 is 15.5 Å². The molecule has 144 valence electrons. The summed E-state index contributed by atoms with van der Waals surface area (Å²) in [6.07, 6.45) is 4.38. The minimum absolute atomic E-state index is 0. The van der Waals surface area contributed by atoms with Crippen LogP contribution in [0.1, 0.15) is 49.9 Å². The molecule has 1 unspecified atom stereocenters. The van der Waals surface area contributed by atoms with Crippen LogP contribution in [0.2, 0.25) is 5.02 Å². The molecule has 3 rings (SSSR count). The molecule has 1 saturated heterocycles. The first-order chi connectivity index (χ1) is 12.0. The number of carbonyl (C=O) groups excluding carboxylic acids is 2. The lowest BCUT2D eigenvalue weighted by Crippen LogP contribution is -2.42. The number of halogens is 2. The van der Waals surface area contributed by atoms with Gasteiger partial charge in [0, 0.05) is 30.2 Å². The van der Waals surface area contributed by atoms with Gasteiger partial charge in [-0.1, -0.05) is 25.4 Å². The lowest BCUT2D eigenvalue weighted by atomic mass is 10.1. The Balaban J connectivity index is 0.00000243. The van der Waals surface area contributed by atoms with Crippen molar-refractivity contribution in [3.8, 4) is 0 Å². The fraction of sp³-hybridized carbons (Fsp3) is 0.579. The van der Waals surface area contributed by atoms with Crippen LogP contribution >= 0.6 is 24.0 Å². The van der Waals surface area contributed by atoms with E-state index in [1.807, 2.05) is 18.7 Å². The Hall–Kier alpha value is -1.30. The summed E-state index contributed by atoms with van der Waals surface area (Å²) in [5.41, 5.74) is 1.08. The van der Waals surface area contributed by atoms with Gasteiger partial charge >= 0.3 is 0 Å². The largest absolute Gasteiger partial charge is 0.334 e. The number of hydrogen-bond acceptors (Lipinski definition) is 3. The van der Waals surface area contributed by atoms with Gasteiger partial charge in [-0.05, 0) is 50.4 Å². The van der Waals surface area contributed by atoms with Gasteiger partial charge in [0.15, 0.2) is 0 Å². The monoisotopic (exact) mass is 399 g/mol. The molecule has 2 N–H and O–H groups in total. The van der Waals surface area contributed by atoms with Crippen molar-refractivity contribution in [3.05, 3.63) is 28.8 Å². The maximum absolute atomic E-state index is 13.1. The summed E-state index contributed by atoms with van der Waals surface area (Å²) in [6, 6.07) is 5.80. The zero-order valence-electron chi connectivity index (χ0n) is 15.3. The Morgan fingerprint density at radius 3 is 2.62 bits per heavy atom. The predicted octanol–water partition coefficient (Wildman–Crippen LogP) is 3.71. The van der Waals surface area contributed by atoms with Gasteiger partial charge in [0.1, 0.15) is 0 Å². The quantitative estimate of drug-likeness (QED) is 0.765. The molecule has 1 aromatic carbocycles. The molecular weight excluding hydrogens is 373 g/mol. The highest BCUT2D eigenvalue weighted by Gasteiger charge is 2.35. The van der Waals surface area contributed by atoms with Crippen LogP contribution in [-0.2, 0) is 4.79 Å². The third-order valence-corrected chi connectivity index (χ3v) is 5.15. The lowest BCUT2D eigenvalue weighted by Gasteiger charge is -2.26. The van der Waals surface area contributed by atoms with E-state index in [4.69, 9.17) is 11.6 Å². The Bertz CT molecular complexity index is 656. The van der Waals surface area contributed by atoms with E-state index in [1.165, 1.54) is 0 Å². The summed E-state index contributed by atoms with van der Waals surface area (Å²) < 4.78 is 0. The van der Waals surface area contributed by atoms with E-state index in [0.717, 1.165) is 38.8 Å².